The van der Waals surface area contributed by atoms with Gasteiger partial charge in [-0.2, -0.15) is 0 Å². The van der Waals surface area contributed by atoms with Crippen molar-refractivity contribution in [2.75, 3.05) is 5.32 Å². The number of halogens is 1. The molecule has 1 aliphatic carbocycles. The Labute approximate surface area is 112 Å². The Hall–Kier alpha value is -0.640. The van der Waals surface area contributed by atoms with E-state index in [4.69, 9.17) is 0 Å². The van der Waals surface area contributed by atoms with E-state index in [0.717, 1.165) is 16.2 Å². The van der Waals surface area contributed by atoms with Crippen LogP contribution in [0.25, 0.3) is 0 Å². The summed E-state index contributed by atoms with van der Waals surface area (Å²) in [7, 11) is 0. The van der Waals surface area contributed by atoms with E-state index in [1.165, 1.54) is 44.9 Å². The van der Waals surface area contributed by atoms with Gasteiger partial charge in [-0.1, -0.05) is 32.1 Å². The van der Waals surface area contributed by atoms with Crippen LogP contribution in [-0.4, -0.2) is 16.0 Å². The average Bonchev–Trinajstić information content (AvgIpc) is 2.20. The molecule has 94 valence electrons. The monoisotopic (exact) mass is 297 g/mol. The second-order valence-electron chi connectivity index (χ2n) is 4.81. The molecule has 0 spiro atoms. The van der Waals surface area contributed by atoms with Gasteiger partial charge < -0.3 is 5.32 Å². The van der Waals surface area contributed by atoms with Crippen LogP contribution in [0.15, 0.2) is 10.7 Å². The largest absolute Gasteiger partial charge is 0.367 e. The number of aryl methyl sites for hydroxylation is 1. The first-order valence-corrected chi connectivity index (χ1v) is 7.31. The zero-order chi connectivity index (χ0) is 12.1. The molecule has 1 N–H and O–H groups in total. The zero-order valence-corrected chi connectivity index (χ0v) is 12.0. The van der Waals surface area contributed by atoms with Crippen LogP contribution in [-0.2, 0) is 0 Å². The van der Waals surface area contributed by atoms with E-state index in [2.05, 4.69) is 31.2 Å². The highest BCUT2D eigenvalue weighted by Crippen LogP contribution is 2.21. The number of rotatable bonds is 2. The predicted molar refractivity (Wildman–Crippen MR) is 74.2 cm³/mol. The topological polar surface area (TPSA) is 37.8 Å². The van der Waals surface area contributed by atoms with Crippen molar-refractivity contribution in [1.29, 1.82) is 0 Å². The fourth-order valence-corrected chi connectivity index (χ4v) is 2.89. The normalized spacial score (nSPS) is 18.5. The maximum atomic E-state index is 4.43. The van der Waals surface area contributed by atoms with Gasteiger partial charge in [-0.25, -0.2) is 9.97 Å². The van der Waals surface area contributed by atoms with Crippen molar-refractivity contribution in [3.8, 4) is 0 Å². The number of anilines is 1. The summed E-state index contributed by atoms with van der Waals surface area (Å²) < 4.78 is 0.860. The number of nitrogens with one attached hydrogen (secondary N) is 1. The SMILES string of the molecule is Cc1nc(Br)cc(NC2CCCCCCC2)n1. The van der Waals surface area contributed by atoms with Crippen LogP contribution in [0.4, 0.5) is 5.82 Å². The molecular formula is C13H20BrN3. The second-order valence-corrected chi connectivity index (χ2v) is 5.62. The maximum absolute atomic E-state index is 4.43. The Bertz CT molecular complexity index is 339. The van der Waals surface area contributed by atoms with Crippen LogP contribution in [0.3, 0.4) is 0 Å². The molecule has 3 nitrogen and oxygen atoms in total. The minimum Gasteiger partial charge on any atom is -0.367 e. The molecule has 1 aliphatic rings. The zero-order valence-electron chi connectivity index (χ0n) is 10.4. The smallest absolute Gasteiger partial charge is 0.131 e. The lowest BCUT2D eigenvalue weighted by atomic mass is 9.97. The van der Waals surface area contributed by atoms with Crippen molar-refractivity contribution in [1.82, 2.24) is 9.97 Å². The molecule has 4 heteroatoms. The minimum absolute atomic E-state index is 0.580. The summed E-state index contributed by atoms with van der Waals surface area (Å²) in [4.78, 5) is 8.66. The summed E-state index contributed by atoms with van der Waals surface area (Å²) in [6.07, 6.45) is 9.37. The highest BCUT2D eigenvalue weighted by Gasteiger charge is 2.12. The number of aromatic nitrogens is 2. The lowest BCUT2D eigenvalue weighted by Crippen LogP contribution is -2.21. The standard InChI is InChI=1S/C13H20BrN3/c1-10-15-12(14)9-13(16-10)17-11-7-5-3-2-4-6-8-11/h9,11H,2-8H2,1H3,(H,15,16,17). The number of nitrogens with zero attached hydrogens (tertiary/aromatic N) is 2. The Morgan fingerprint density at radius 1 is 1.12 bits per heavy atom. The van der Waals surface area contributed by atoms with Crippen molar-refractivity contribution in [2.45, 2.75) is 57.9 Å². The van der Waals surface area contributed by atoms with Crippen LogP contribution in [0.1, 0.15) is 50.8 Å². The van der Waals surface area contributed by atoms with E-state index in [-0.39, 0.29) is 0 Å². The Morgan fingerprint density at radius 2 is 1.76 bits per heavy atom. The molecule has 0 aromatic carbocycles. The lowest BCUT2D eigenvalue weighted by molar-refractivity contribution is 0.470. The van der Waals surface area contributed by atoms with Crippen molar-refractivity contribution in [2.24, 2.45) is 0 Å². The molecular weight excluding hydrogens is 278 g/mol. The molecule has 0 aliphatic heterocycles. The van der Waals surface area contributed by atoms with Gasteiger partial charge in [0.25, 0.3) is 0 Å². The third kappa shape index (κ3) is 4.26. The summed E-state index contributed by atoms with van der Waals surface area (Å²) in [5.74, 6) is 1.77. The van der Waals surface area contributed by atoms with Gasteiger partial charge in [0.1, 0.15) is 16.2 Å². The third-order valence-corrected chi connectivity index (χ3v) is 3.67. The molecule has 17 heavy (non-hydrogen) atoms. The van der Waals surface area contributed by atoms with Crippen LogP contribution >= 0.6 is 15.9 Å². The number of hydrogen-bond acceptors (Lipinski definition) is 3. The third-order valence-electron chi connectivity index (χ3n) is 3.26. The van der Waals surface area contributed by atoms with Crippen molar-refractivity contribution < 1.29 is 0 Å². The van der Waals surface area contributed by atoms with E-state index in [0.29, 0.717) is 6.04 Å². The van der Waals surface area contributed by atoms with Gasteiger partial charge in [0.05, 0.1) is 0 Å². The van der Waals surface area contributed by atoms with E-state index in [9.17, 15) is 0 Å². The van der Waals surface area contributed by atoms with Crippen LogP contribution in [0.2, 0.25) is 0 Å². The molecule has 0 radical (unpaired) electrons. The average molecular weight is 298 g/mol. The summed E-state index contributed by atoms with van der Waals surface area (Å²) in [6, 6.07) is 2.54. The van der Waals surface area contributed by atoms with Crippen molar-refractivity contribution >= 4 is 21.7 Å². The van der Waals surface area contributed by atoms with E-state index >= 15 is 0 Å². The van der Waals surface area contributed by atoms with E-state index in [1.807, 2.05) is 13.0 Å². The molecule has 0 saturated heterocycles. The first kappa shape index (κ1) is 12.8. The first-order valence-electron chi connectivity index (χ1n) is 6.52. The Balaban J connectivity index is 1.97. The molecule has 0 bridgehead atoms. The van der Waals surface area contributed by atoms with Gasteiger partial charge in [0.15, 0.2) is 0 Å². The molecule has 1 saturated carbocycles. The van der Waals surface area contributed by atoms with Gasteiger partial charge in [0, 0.05) is 12.1 Å². The van der Waals surface area contributed by atoms with Crippen molar-refractivity contribution in [3.05, 3.63) is 16.5 Å². The van der Waals surface area contributed by atoms with E-state index < -0.39 is 0 Å². The van der Waals surface area contributed by atoms with Crippen LogP contribution in [0.5, 0.6) is 0 Å². The molecule has 1 fully saturated rings. The Morgan fingerprint density at radius 3 is 2.41 bits per heavy atom. The molecule has 0 atom stereocenters. The minimum atomic E-state index is 0.580. The van der Waals surface area contributed by atoms with E-state index in [1.54, 1.807) is 0 Å². The molecule has 1 aromatic rings. The lowest BCUT2D eigenvalue weighted by Gasteiger charge is -2.21. The van der Waals surface area contributed by atoms with Crippen molar-refractivity contribution in [3.63, 3.8) is 0 Å². The molecule has 1 aromatic heterocycles. The molecule has 1 heterocycles. The number of hydrogen-bond donors (Lipinski definition) is 1. The predicted octanol–water partition coefficient (Wildman–Crippen LogP) is 4.07. The maximum Gasteiger partial charge on any atom is 0.131 e. The highest BCUT2D eigenvalue weighted by atomic mass is 79.9. The highest BCUT2D eigenvalue weighted by molar-refractivity contribution is 9.10. The summed E-state index contributed by atoms with van der Waals surface area (Å²) in [6.45, 7) is 1.92. The van der Waals surface area contributed by atoms with Gasteiger partial charge >= 0.3 is 0 Å². The summed E-state index contributed by atoms with van der Waals surface area (Å²) in [5.41, 5.74) is 0. The van der Waals surface area contributed by atoms with Gasteiger partial charge in [-0.3, -0.25) is 0 Å². The first-order chi connectivity index (χ1) is 8.24. The summed E-state index contributed by atoms with van der Waals surface area (Å²) >= 11 is 3.41. The second kappa shape index (κ2) is 6.34. The Kier molecular flexibility index (Phi) is 4.77. The molecule has 2 rings (SSSR count). The van der Waals surface area contributed by atoms with Crippen LogP contribution in [0, 0.1) is 6.92 Å². The molecule has 0 unspecified atom stereocenters. The van der Waals surface area contributed by atoms with Gasteiger partial charge in [0.2, 0.25) is 0 Å². The van der Waals surface area contributed by atoms with Gasteiger partial charge in [-0.15, -0.1) is 0 Å². The molecule has 0 amide bonds. The summed E-state index contributed by atoms with van der Waals surface area (Å²) in [5, 5.41) is 3.55. The quantitative estimate of drug-likeness (QED) is 0.836. The fraction of sp³-hybridized carbons (Fsp3) is 0.692. The van der Waals surface area contributed by atoms with Crippen LogP contribution < -0.4 is 5.32 Å². The fourth-order valence-electron chi connectivity index (χ4n) is 2.41. The van der Waals surface area contributed by atoms with Gasteiger partial charge in [-0.05, 0) is 35.7 Å².